The maximum absolute atomic E-state index is 12.3. The van der Waals surface area contributed by atoms with E-state index in [4.69, 9.17) is 0 Å². The van der Waals surface area contributed by atoms with E-state index in [1.54, 1.807) is 7.05 Å². The number of sulfone groups is 1. The van der Waals surface area contributed by atoms with E-state index in [9.17, 15) is 21.6 Å². The van der Waals surface area contributed by atoms with Crippen LogP contribution in [0, 0.1) is 0 Å². The molecule has 0 aromatic carbocycles. The largest absolute Gasteiger partial charge is 0.455 e. The van der Waals surface area contributed by atoms with Crippen LogP contribution >= 0.6 is 0 Å². The van der Waals surface area contributed by atoms with Crippen LogP contribution < -0.4 is 0 Å². The van der Waals surface area contributed by atoms with Crippen LogP contribution in [0.2, 0.25) is 0 Å². The molecule has 0 saturated heterocycles. The molecule has 0 bridgehead atoms. The van der Waals surface area contributed by atoms with Crippen molar-refractivity contribution in [3.05, 3.63) is 36.2 Å². The van der Waals surface area contributed by atoms with Gasteiger partial charge in [-0.2, -0.15) is 18.2 Å². The van der Waals surface area contributed by atoms with E-state index in [0.29, 0.717) is 0 Å². The Labute approximate surface area is 130 Å². The lowest BCUT2D eigenvalue weighted by Crippen LogP contribution is -2.25. The highest BCUT2D eigenvalue weighted by molar-refractivity contribution is 7.91. The van der Waals surface area contributed by atoms with Crippen LogP contribution in [-0.4, -0.2) is 47.8 Å². The number of rotatable bonds is 6. The molecule has 23 heavy (non-hydrogen) atoms. The summed E-state index contributed by atoms with van der Waals surface area (Å²) in [6.45, 7) is 0.00331. The molecule has 2 heterocycles. The molecule has 0 aliphatic rings. The number of pyridine rings is 1. The molecule has 7 nitrogen and oxygen atoms in total. The highest BCUT2D eigenvalue weighted by Crippen LogP contribution is 2.26. The van der Waals surface area contributed by atoms with Gasteiger partial charge in [-0.1, -0.05) is 5.16 Å². The van der Waals surface area contributed by atoms with Gasteiger partial charge in [-0.15, -0.1) is 0 Å². The first-order valence-corrected chi connectivity index (χ1v) is 8.05. The Morgan fingerprint density at radius 3 is 2.48 bits per heavy atom. The van der Waals surface area contributed by atoms with Gasteiger partial charge in [0.05, 0.1) is 17.2 Å². The summed E-state index contributed by atoms with van der Waals surface area (Å²) in [5.74, 6) is -1.79. The maximum atomic E-state index is 12.3. The lowest BCUT2D eigenvalue weighted by Gasteiger charge is -2.14. The zero-order valence-corrected chi connectivity index (χ0v) is 12.8. The molecule has 2 aromatic heterocycles. The van der Waals surface area contributed by atoms with Gasteiger partial charge in [0, 0.05) is 18.9 Å². The third kappa shape index (κ3) is 4.73. The number of hydrogen-bond acceptors (Lipinski definition) is 7. The van der Waals surface area contributed by atoms with E-state index >= 15 is 0 Å². The Morgan fingerprint density at radius 2 is 1.91 bits per heavy atom. The third-order valence-electron chi connectivity index (χ3n) is 2.88. The Morgan fingerprint density at radius 1 is 1.26 bits per heavy atom. The van der Waals surface area contributed by atoms with E-state index in [2.05, 4.69) is 19.6 Å². The molecule has 0 N–H and O–H groups in total. The third-order valence-corrected chi connectivity index (χ3v) is 4.59. The predicted molar refractivity (Wildman–Crippen MR) is 71.9 cm³/mol. The molecular weight excluding hydrogens is 337 g/mol. The van der Waals surface area contributed by atoms with Gasteiger partial charge < -0.3 is 4.52 Å². The smallest absolute Gasteiger partial charge is 0.338 e. The van der Waals surface area contributed by atoms with Gasteiger partial charge >= 0.3 is 6.18 Å². The maximum Gasteiger partial charge on any atom is 0.455 e. The van der Waals surface area contributed by atoms with Crippen molar-refractivity contribution in [2.45, 2.75) is 17.6 Å². The van der Waals surface area contributed by atoms with Crippen molar-refractivity contribution in [1.29, 1.82) is 0 Å². The van der Waals surface area contributed by atoms with Gasteiger partial charge in [-0.05, 0) is 19.2 Å². The molecule has 126 valence electrons. The van der Waals surface area contributed by atoms with E-state index in [1.165, 1.54) is 29.4 Å². The molecule has 0 amide bonds. The number of hydrogen-bond donors (Lipinski definition) is 0. The zero-order chi connectivity index (χ0) is 17.1. The minimum Gasteiger partial charge on any atom is -0.338 e. The normalized spacial score (nSPS) is 12.7. The summed E-state index contributed by atoms with van der Waals surface area (Å²) in [6, 6.07) is 2.76. The quantitative estimate of drug-likeness (QED) is 0.778. The monoisotopic (exact) mass is 350 g/mol. The van der Waals surface area contributed by atoms with Crippen LogP contribution in [0.1, 0.15) is 11.7 Å². The molecule has 0 unspecified atom stereocenters. The highest BCUT2D eigenvalue weighted by atomic mass is 32.2. The Bertz CT molecular complexity index is 746. The van der Waals surface area contributed by atoms with Gasteiger partial charge in [0.2, 0.25) is 5.89 Å². The van der Waals surface area contributed by atoms with Crippen LogP contribution in [0.25, 0.3) is 0 Å². The van der Waals surface area contributed by atoms with Crippen LogP contribution in [-0.2, 0) is 22.6 Å². The first-order chi connectivity index (χ1) is 10.7. The van der Waals surface area contributed by atoms with Crippen molar-refractivity contribution in [3.63, 3.8) is 0 Å². The second-order valence-corrected chi connectivity index (χ2v) is 6.86. The second kappa shape index (κ2) is 6.62. The standard InChI is InChI=1S/C12H13F3N4O3S/c1-19(8-10-17-11(18-22-10)12(13,14)15)6-7-23(20,21)9-2-4-16-5-3-9/h2-5H,6-8H2,1H3. The molecular formula is C12H13F3N4O3S. The number of aromatic nitrogens is 3. The summed E-state index contributed by atoms with van der Waals surface area (Å²) in [7, 11) is -1.95. The fourth-order valence-corrected chi connectivity index (χ4v) is 3.01. The van der Waals surface area contributed by atoms with Crippen LogP contribution in [0.15, 0.2) is 33.9 Å². The number of nitrogens with zero attached hydrogens (tertiary/aromatic N) is 4. The molecule has 0 saturated carbocycles. The Kier molecular flexibility index (Phi) is 5.00. The first-order valence-electron chi connectivity index (χ1n) is 6.39. The van der Waals surface area contributed by atoms with E-state index in [0.717, 1.165) is 0 Å². The van der Waals surface area contributed by atoms with Crippen molar-refractivity contribution < 1.29 is 26.1 Å². The SMILES string of the molecule is CN(CCS(=O)(=O)c1ccncc1)Cc1nc(C(F)(F)F)no1. The fourth-order valence-electron chi connectivity index (χ4n) is 1.68. The zero-order valence-electron chi connectivity index (χ0n) is 12.0. The average molecular weight is 350 g/mol. The topological polar surface area (TPSA) is 89.2 Å². The van der Waals surface area contributed by atoms with Gasteiger partial charge in [0.15, 0.2) is 9.84 Å². The molecule has 0 spiro atoms. The van der Waals surface area contributed by atoms with Crippen LogP contribution in [0.3, 0.4) is 0 Å². The molecule has 0 aliphatic carbocycles. The molecule has 2 rings (SSSR count). The molecule has 0 aliphatic heterocycles. The number of alkyl halides is 3. The van der Waals surface area contributed by atoms with Gasteiger partial charge in [0.1, 0.15) is 0 Å². The predicted octanol–water partition coefficient (Wildman–Crippen LogP) is 1.39. The Balaban J connectivity index is 1.93. The summed E-state index contributed by atoms with van der Waals surface area (Å²) < 4.78 is 65.7. The molecule has 0 atom stereocenters. The van der Waals surface area contributed by atoms with Crippen molar-refractivity contribution in [1.82, 2.24) is 20.0 Å². The van der Waals surface area contributed by atoms with E-state index in [1.807, 2.05) is 0 Å². The molecule has 0 radical (unpaired) electrons. The summed E-state index contributed by atoms with van der Waals surface area (Å²) in [5, 5.41) is 2.83. The second-order valence-electron chi connectivity index (χ2n) is 4.75. The minimum atomic E-state index is -4.68. The van der Waals surface area contributed by atoms with Crippen LogP contribution in [0.4, 0.5) is 13.2 Å². The first kappa shape index (κ1) is 17.3. The van der Waals surface area contributed by atoms with Crippen molar-refractivity contribution in [3.8, 4) is 0 Å². The van der Waals surface area contributed by atoms with Crippen LogP contribution in [0.5, 0.6) is 0 Å². The van der Waals surface area contributed by atoms with Crippen molar-refractivity contribution in [2.75, 3.05) is 19.3 Å². The lowest BCUT2D eigenvalue weighted by molar-refractivity contribution is -0.146. The average Bonchev–Trinajstić information content (AvgIpc) is 2.95. The molecule has 2 aromatic rings. The summed E-state index contributed by atoms with van der Waals surface area (Å²) >= 11 is 0. The van der Waals surface area contributed by atoms with Crippen molar-refractivity contribution in [2.24, 2.45) is 0 Å². The summed E-state index contributed by atoms with van der Waals surface area (Å²) in [5.41, 5.74) is 0. The summed E-state index contributed by atoms with van der Waals surface area (Å²) in [6.07, 6.45) is -1.94. The molecule has 11 heteroatoms. The molecule has 0 fully saturated rings. The van der Waals surface area contributed by atoms with Gasteiger partial charge in [-0.25, -0.2) is 8.42 Å². The van der Waals surface area contributed by atoms with Gasteiger partial charge in [-0.3, -0.25) is 9.88 Å². The minimum absolute atomic E-state index is 0.0883. The Hall–Kier alpha value is -2.01. The van der Waals surface area contributed by atoms with E-state index < -0.39 is 21.8 Å². The summed E-state index contributed by atoms with van der Waals surface area (Å²) in [4.78, 5) is 8.58. The highest BCUT2D eigenvalue weighted by Gasteiger charge is 2.37. The van der Waals surface area contributed by atoms with E-state index in [-0.39, 0.29) is 29.6 Å². The van der Waals surface area contributed by atoms with Gasteiger partial charge in [0.25, 0.3) is 5.82 Å². The number of halogens is 3. The lowest BCUT2D eigenvalue weighted by atomic mass is 10.5. The fraction of sp³-hybridized carbons (Fsp3) is 0.417. The van der Waals surface area contributed by atoms with Crippen molar-refractivity contribution >= 4 is 9.84 Å².